The molecule has 7 heteroatoms. The van der Waals surface area contributed by atoms with Crippen LogP contribution in [0, 0.1) is 5.41 Å². The number of nitrogens with one attached hydrogen (secondary N) is 1. The molecule has 2 amide bonds. The third-order valence-corrected chi connectivity index (χ3v) is 4.35. The number of rotatable bonds is 6. The van der Waals surface area contributed by atoms with Gasteiger partial charge in [0, 0.05) is 51.7 Å². The van der Waals surface area contributed by atoms with E-state index in [1.54, 1.807) is 18.5 Å². The van der Waals surface area contributed by atoms with Crippen LogP contribution >= 0.6 is 0 Å². The summed E-state index contributed by atoms with van der Waals surface area (Å²) in [6.07, 6.45) is 6.15. The lowest BCUT2D eigenvalue weighted by Crippen LogP contribution is -2.42. The van der Waals surface area contributed by atoms with Crippen molar-refractivity contribution in [2.24, 2.45) is 5.41 Å². The summed E-state index contributed by atoms with van der Waals surface area (Å²) < 4.78 is 0. The molecule has 0 radical (unpaired) electrons. The quantitative estimate of drug-likeness (QED) is 0.770. The van der Waals surface area contributed by atoms with Gasteiger partial charge in [-0.2, -0.15) is 0 Å². The molecule has 0 spiro atoms. The Bertz CT molecular complexity index is 509. The molecule has 1 aliphatic rings. The number of aliphatic hydroxyl groups is 1. The van der Waals surface area contributed by atoms with Gasteiger partial charge in [-0.1, -0.05) is 13.8 Å². The first-order chi connectivity index (χ1) is 11.5. The lowest BCUT2D eigenvalue weighted by molar-refractivity contribution is 0.147. The Labute approximate surface area is 144 Å². The molecule has 1 saturated heterocycles. The standard InChI is InChI=1S/C17H29N5O2/c1-17(2,14-23)6-3-7-20-16(24)22-11-5-10-21(12-13-22)15-18-8-4-9-19-15/h4,8-9,23H,3,5-7,10-14H2,1-2H3,(H,20,24). The van der Waals surface area contributed by atoms with Crippen LogP contribution < -0.4 is 10.2 Å². The van der Waals surface area contributed by atoms with Crippen LogP contribution in [0.2, 0.25) is 0 Å². The van der Waals surface area contributed by atoms with Crippen LogP contribution in [0.3, 0.4) is 0 Å². The molecule has 134 valence electrons. The van der Waals surface area contributed by atoms with Crippen LogP contribution in [-0.4, -0.2) is 65.3 Å². The molecular formula is C17H29N5O2. The second-order valence-electron chi connectivity index (χ2n) is 7.03. The van der Waals surface area contributed by atoms with Crippen LogP contribution in [0.5, 0.6) is 0 Å². The molecule has 1 fully saturated rings. The highest BCUT2D eigenvalue weighted by Gasteiger charge is 2.20. The van der Waals surface area contributed by atoms with E-state index in [1.165, 1.54) is 0 Å². The van der Waals surface area contributed by atoms with Crippen LogP contribution in [0.15, 0.2) is 18.5 Å². The first-order valence-corrected chi connectivity index (χ1v) is 8.67. The van der Waals surface area contributed by atoms with Crippen LogP contribution in [0.4, 0.5) is 10.7 Å². The zero-order valence-corrected chi connectivity index (χ0v) is 14.7. The maximum Gasteiger partial charge on any atom is 0.317 e. The fourth-order valence-corrected chi connectivity index (χ4v) is 2.73. The Hall–Kier alpha value is -1.89. The smallest absolute Gasteiger partial charge is 0.317 e. The molecule has 0 bridgehead atoms. The van der Waals surface area contributed by atoms with Gasteiger partial charge in [-0.15, -0.1) is 0 Å². The lowest BCUT2D eigenvalue weighted by Gasteiger charge is -2.23. The molecule has 0 unspecified atom stereocenters. The zero-order chi connectivity index (χ0) is 17.4. The molecule has 1 aromatic heterocycles. The predicted octanol–water partition coefficient (Wildman–Crippen LogP) is 1.50. The third-order valence-electron chi connectivity index (χ3n) is 4.35. The van der Waals surface area contributed by atoms with Gasteiger partial charge in [0.05, 0.1) is 0 Å². The molecule has 24 heavy (non-hydrogen) atoms. The van der Waals surface area contributed by atoms with Gasteiger partial charge in [-0.05, 0) is 30.7 Å². The molecule has 0 aromatic carbocycles. The fraction of sp³-hybridized carbons (Fsp3) is 0.706. The van der Waals surface area contributed by atoms with E-state index in [0.29, 0.717) is 13.1 Å². The second kappa shape index (κ2) is 8.82. The molecule has 0 saturated carbocycles. The van der Waals surface area contributed by atoms with E-state index in [9.17, 15) is 9.90 Å². The fourth-order valence-electron chi connectivity index (χ4n) is 2.73. The van der Waals surface area contributed by atoms with E-state index < -0.39 is 0 Å². The highest BCUT2D eigenvalue weighted by Crippen LogP contribution is 2.20. The summed E-state index contributed by atoms with van der Waals surface area (Å²) >= 11 is 0. The van der Waals surface area contributed by atoms with Crippen molar-refractivity contribution in [2.45, 2.75) is 33.1 Å². The summed E-state index contributed by atoms with van der Waals surface area (Å²) in [5, 5.41) is 12.2. The van der Waals surface area contributed by atoms with Crippen molar-refractivity contribution < 1.29 is 9.90 Å². The van der Waals surface area contributed by atoms with E-state index in [4.69, 9.17) is 0 Å². The first-order valence-electron chi connectivity index (χ1n) is 8.67. The van der Waals surface area contributed by atoms with Gasteiger partial charge in [0.15, 0.2) is 0 Å². The number of urea groups is 1. The monoisotopic (exact) mass is 335 g/mol. The molecule has 1 aliphatic heterocycles. The van der Waals surface area contributed by atoms with Crippen LogP contribution in [0.25, 0.3) is 0 Å². The number of aliphatic hydroxyl groups excluding tert-OH is 1. The van der Waals surface area contributed by atoms with Crippen molar-refractivity contribution in [3.05, 3.63) is 18.5 Å². The normalized spacial score (nSPS) is 16.0. The van der Waals surface area contributed by atoms with E-state index in [2.05, 4.69) is 20.2 Å². The highest BCUT2D eigenvalue weighted by molar-refractivity contribution is 5.74. The minimum absolute atomic E-state index is 0.00682. The molecule has 2 rings (SSSR count). The number of hydrogen-bond acceptors (Lipinski definition) is 5. The maximum absolute atomic E-state index is 12.3. The van der Waals surface area contributed by atoms with Crippen molar-refractivity contribution in [3.63, 3.8) is 0 Å². The molecule has 1 aromatic rings. The second-order valence-corrected chi connectivity index (χ2v) is 7.03. The number of nitrogens with zero attached hydrogens (tertiary/aromatic N) is 4. The number of hydrogen-bond donors (Lipinski definition) is 2. The predicted molar refractivity (Wildman–Crippen MR) is 93.9 cm³/mol. The van der Waals surface area contributed by atoms with Crippen LogP contribution in [0.1, 0.15) is 33.1 Å². The van der Waals surface area contributed by atoms with Crippen molar-refractivity contribution in [3.8, 4) is 0 Å². The van der Waals surface area contributed by atoms with Crippen LogP contribution in [-0.2, 0) is 0 Å². The molecule has 0 atom stereocenters. The topological polar surface area (TPSA) is 81.6 Å². The minimum atomic E-state index is -0.0798. The molecule has 2 N–H and O–H groups in total. The first kappa shape index (κ1) is 18.4. The zero-order valence-electron chi connectivity index (χ0n) is 14.7. The molecule has 0 aliphatic carbocycles. The lowest BCUT2D eigenvalue weighted by atomic mass is 9.89. The average molecular weight is 335 g/mol. The molecule has 2 heterocycles. The summed E-state index contributed by atoms with van der Waals surface area (Å²) in [7, 11) is 0. The van der Waals surface area contributed by atoms with Gasteiger partial charge in [0.2, 0.25) is 5.95 Å². The molecular weight excluding hydrogens is 306 g/mol. The maximum atomic E-state index is 12.3. The average Bonchev–Trinajstić information content (AvgIpc) is 2.85. The van der Waals surface area contributed by atoms with E-state index in [1.807, 2.05) is 18.7 Å². The van der Waals surface area contributed by atoms with Crippen molar-refractivity contribution in [1.82, 2.24) is 20.2 Å². The summed E-state index contributed by atoms with van der Waals surface area (Å²) in [4.78, 5) is 24.8. The van der Waals surface area contributed by atoms with Gasteiger partial charge in [0.1, 0.15) is 0 Å². The van der Waals surface area contributed by atoms with E-state index in [-0.39, 0.29) is 18.1 Å². The van der Waals surface area contributed by atoms with Crippen molar-refractivity contribution >= 4 is 12.0 Å². The van der Waals surface area contributed by atoms with Gasteiger partial charge in [-0.3, -0.25) is 0 Å². The Balaban J connectivity index is 1.74. The number of carbonyl (C=O) groups excluding carboxylic acids is 1. The Morgan fingerprint density at radius 3 is 2.71 bits per heavy atom. The van der Waals surface area contributed by atoms with Crippen molar-refractivity contribution in [1.29, 1.82) is 0 Å². The SMILES string of the molecule is CC(C)(CO)CCCNC(=O)N1CCCN(c2ncccn2)CC1. The minimum Gasteiger partial charge on any atom is -0.396 e. The number of aromatic nitrogens is 2. The number of anilines is 1. The third kappa shape index (κ3) is 5.63. The summed E-state index contributed by atoms with van der Waals surface area (Å²) in [6.45, 7) is 7.90. The highest BCUT2D eigenvalue weighted by atomic mass is 16.3. The summed E-state index contributed by atoms with van der Waals surface area (Å²) in [5.74, 6) is 0.728. The van der Waals surface area contributed by atoms with Gasteiger partial charge in [-0.25, -0.2) is 14.8 Å². The van der Waals surface area contributed by atoms with E-state index >= 15 is 0 Å². The van der Waals surface area contributed by atoms with Gasteiger partial charge < -0.3 is 20.2 Å². The Morgan fingerprint density at radius 2 is 2.00 bits per heavy atom. The largest absolute Gasteiger partial charge is 0.396 e. The number of amides is 2. The van der Waals surface area contributed by atoms with Gasteiger partial charge >= 0.3 is 6.03 Å². The number of carbonyl (C=O) groups is 1. The Kier molecular flexibility index (Phi) is 6.78. The summed E-state index contributed by atoms with van der Waals surface area (Å²) in [5.41, 5.74) is -0.0798. The van der Waals surface area contributed by atoms with E-state index in [0.717, 1.165) is 44.8 Å². The molecule has 7 nitrogen and oxygen atoms in total. The van der Waals surface area contributed by atoms with Crippen molar-refractivity contribution in [2.75, 3.05) is 44.2 Å². The Morgan fingerprint density at radius 1 is 1.25 bits per heavy atom. The summed E-state index contributed by atoms with van der Waals surface area (Å²) in [6, 6.07) is 1.80. The van der Waals surface area contributed by atoms with Gasteiger partial charge in [0.25, 0.3) is 0 Å².